The third kappa shape index (κ3) is 9.38. The van der Waals surface area contributed by atoms with Gasteiger partial charge in [-0.25, -0.2) is 0 Å². The molecule has 0 saturated heterocycles. The lowest BCUT2D eigenvalue weighted by Gasteiger charge is -2.14. The van der Waals surface area contributed by atoms with E-state index in [1.54, 1.807) is 0 Å². The predicted molar refractivity (Wildman–Crippen MR) is 275 cm³/mol. The van der Waals surface area contributed by atoms with E-state index in [0.717, 1.165) is 79.4 Å². The van der Waals surface area contributed by atoms with Gasteiger partial charge in [0.05, 0.1) is 45.7 Å². The molecule has 2 aromatic heterocycles. The standard InChI is InChI=1S/C62H58N4/c1-3-5-7-11-17-45-23-27-49(28-24-45)43-65-57-39-56-58(40-55(57)59(51-35-31-47(41-63)32-36-51)61(65)53-19-13-9-14-20-53)66(44-50-29-25-46(26-30-50)18-12-8-6-4-2)62(54-21-15-10-16-22-54)60(56)52-37-33-48(42-64)34-38-52/h9-10,13-16,19-40H,3-8,11-12,17-18,43-44H2,1-2H3. The Balaban J connectivity index is 1.31. The van der Waals surface area contributed by atoms with Crippen molar-refractivity contribution in [3.8, 4) is 56.9 Å². The van der Waals surface area contributed by atoms with E-state index < -0.39 is 0 Å². The average molecular weight is 859 g/mol. The van der Waals surface area contributed by atoms with Gasteiger partial charge in [-0.05, 0) is 107 Å². The first kappa shape index (κ1) is 43.8. The number of aromatic nitrogens is 2. The largest absolute Gasteiger partial charge is 0.335 e. The van der Waals surface area contributed by atoms with Crippen molar-refractivity contribution < 1.29 is 0 Å². The van der Waals surface area contributed by atoms with Crippen LogP contribution in [-0.4, -0.2) is 9.13 Å². The maximum atomic E-state index is 9.88. The van der Waals surface area contributed by atoms with Gasteiger partial charge >= 0.3 is 0 Å². The Hall–Kier alpha value is -7.40. The molecule has 326 valence electrons. The molecule has 0 spiro atoms. The number of fused-ring (bicyclic) bond motifs is 2. The highest BCUT2D eigenvalue weighted by Crippen LogP contribution is 2.47. The smallest absolute Gasteiger partial charge is 0.0991 e. The summed E-state index contributed by atoms with van der Waals surface area (Å²) in [5.41, 5.74) is 17.9. The van der Waals surface area contributed by atoms with Gasteiger partial charge in [-0.15, -0.1) is 0 Å². The quantitative estimate of drug-likeness (QED) is 0.0807. The minimum absolute atomic E-state index is 0.640. The van der Waals surface area contributed by atoms with Gasteiger partial charge < -0.3 is 9.13 Å². The molecular weight excluding hydrogens is 801 g/mol. The Kier molecular flexibility index (Phi) is 13.7. The summed E-state index contributed by atoms with van der Waals surface area (Å²) in [6.45, 7) is 5.90. The van der Waals surface area contributed by atoms with Gasteiger partial charge in [-0.1, -0.05) is 186 Å². The molecule has 0 saturated carbocycles. The third-order valence-corrected chi connectivity index (χ3v) is 13.3. The fourth-order valence-electron chi connectivity index (χ4n) is 9.82. The van der Waals surface area contributed by atoms with E-state index in [9.17, 15) is 10.5 Å². The molecule has 0 atom stereocenters. The van der Waals surface area contributed by atoms with Crippen molar-refractivity contribution in [1.82, 2.24) is 9.13 Å². The van der Waals surface area contributed by atoms with Crippen LogP contribution in [0.2, 0.25) is 0 Å². The molecule has 9 aromatic rings. The minimum atomic E-state index is 0.640. The molecule has 0 radical (unpaired) electrons. The van der Waals surface area contributed by atoms with Gasteiger partial charge in [0.15, 0.2) is 0 Å². The Morgan fingerprint density at radius 1 is 0.379 bits per heavy atom. The van der Waals surface area contributed by atoms with Crippen LogP contribution >= 0.6 is 0 Å². The van der Waals surface area contributed by atoms with Crippen LogP contribution in [0.25, 0.3) is 66.6 Å². The van der Waals surface area contributed by atoms with Crippen LogP contribution in [0.1, 0.15) is 98.6 Å². The molecule has 66 heavy (non-hydrogen) atoms. The summed E-state index contributed by atoms with van der Waals surface area (Å²) >= 11 is 0. The molecule has 0 fully saturated rings. The number of hydrogen-bond donors (Lipinski definition) is 0. The molecule has 0 N–H and O–H groups in total. The molecule has 0 bridgehead atoms. The van der Waals surface area contributed by atoms with E-state index >= 15 is 0 Å². The lowest BCUT2D eigenvalue weighted by molar-refractivity contribution is 0.666. The normalized spacial score (nSPS) is 11.3. The molecule has 9 rings (SSSR count). The summed E-state index contributed by atoms with van der Waals surface area (Å²) < 4.78 is 5.05. The van der Waals surface area contributed by atoms with Crippen LogP contribution < -0.4 is 0 Å². The van der Waals surface area contributed by atoms with E-state index in [-0.39, 0.29) is 0 Å². The zero-order valence-electron chi connectivity index (χ0n) is 38.4. The Morgan fingerprint density at radius 3 is 1.09 bits per heavy atom. The fraction of sp³-hybridized carbons (Fsp3) is 0.226. The van der Waals surface area contributed by atoms with Crippen LogP contribution in [0.4, 0.5) is 0 Å². The van der Waals surface area contributed by atoms with Crippen molar-refractivity contribution in [3.05, 3.63) is 203 Å². The highest BCUT2D eigenvalue weighted by Gasteiger charge is 2.26. The number of benzene rings is 7. The lowest BCUT2D eigenvalue weighted by atomic mass is 9.95. The Morgan fingerprint density at radius 2 is 0.742 bits per heavy atom. The molecular formula is C62H58N4. The van der Waals surface area contributed by atoms with Gasteiger partial charge in [0, 0.05) is 35.0 Å². The first-order chi connectivity index (χ1) is 32.6. The van der Waals surface area contributed by atoms with Crippen LogP contribution in [0, 0.1) is 22.7 Å². The second-order valence-corrected chi connectivity index (χ2v) is 17.9. The number of unbranched alkanes of at least 4 members (excludes halogenated alkanes) is 6. The highest BCUT2D eigenvalue weighted by atomic mass is 15.0. The maximum Gasteiger partial charge on any atom is 0.0991 e. The van der Waals surface area contributed by atoms with Crippen molar-refractivity contribution in [2.45, 2.75) is 91.1 Å². The van der Waals surface area contributed by atoms with Crippen molar-refractivity contribution in [3.63, 3.8) is 0 Å². The molecule has 4 nitrogen and oxygen atoms in total. The topological polar surface area (TPSA) is 57.4 Å². The van der Waals surface area contributed by atoms with Crippen LogP contribution in [0.5, 0.6) is 0 Å². The minimum Gasteiger partial charge on any atom is -0.335 e. The summed E-state index contributed by atoms with van der Waals surface area (Å²) in [6.07, 6.45) is 12.2. The molecule has 0 amide bonds. The van der Waals surface area contributed by atoms with E-state index in [1.807, 2.05) is 24.3 Å². The first-order valence-corrected chi connectivity index (χ1v) is 24.1. The van der Waals surface area contributed by atoms with E-state index in [2.05, 4.69) is 181 Å². The number of nitrogens with zero attached hydrogens (tertiary/aromatic N) is 4. The number of nitriles is 2. The Bertz CT molecular complexity index is 2900. The zero-order valence-corrected chi connectivity index (χ0v) is 38.4. The maximum absolute atomic E-state index is 9.88. The number of hydrogen-bond acceptors (Lipinski definition) is 2. The van der Waals surface area contributed by atoms with Crippen molar-refractivity contribution >= 4 is 21.8 Å². The van der Waals surface area contributed by atoms with Crippen LogP contribution in [0.3, 0.4) is 0 Å². The molecule has 0 aliphatic heterocycles. The van der Waals surface area contributed by atoms with Gasteiger partial charge in [0.1, 0.15) is 0 Å². The summed E-state index contributed by atoms with van der Waals surface area (Å²) in [6, 6.07) is 65.9. The second kappa shape index (κ2) is 20.6. The molecule has 4 heteroatoms. The first-order valence-electron chi connectivity index (χ1n) is 24.1. The zero-order chi connectivity index (χ0) is 45.2. The third-order valence-electron chi connectivity index (χ3n) is 13.3. The Labute approximate surface area is 391 Å². The highest BCUT2D eigenvalue weighted by molar-refractivity contribution is 6.14. The molecule has 0 aliphatic rings. The number of aryl methyl sites for hydroxylation is 2. The van der Waals surface area contributed by atoms with Crippen molar-refractivity contribution in [1.29, 1.82) is 10.5 Å². The van der Waals surface area contributed by atoms with E-state index in [1.165, 1.54) is 73.6 Å². The number of rotatable bonds is 18. The van der Waals surface area contributed by atoms with E-state index in [0.29, 0.717) is 24.2 Å². The van der Waals surface area contributed by atoms with Gasteiger partial charge in [0.25, 0.3) is 0 Å². The summed E-state index contributed by atoms with van der Waals surface area (Å²) in [4.78, 5) is 0. The van der Waals surface area contributed by atoms with Crippen molar-refractivity contribution in [2.24, 2.45) is 0 Å². The molecule has 0 unspecified atom stereocenters. The second-order valence-electron chi connectivity index (χ2n) is 17.9. The molecule has 7 aromatic carbocycles. The predicted octanol–water partition coefficient (Wildman–Crippen LogP) is 16.3. The monoisotopic (exact) mass is 858 g/mol. The summed E-state index contributed by atoms with van der Waals surface area (Å²) in [7, 11) is 0. The molecule has 2 heterocycles. The molecule has 0 aliphatic carbocycles. The summed E-state index contributed by atoms with van der Waals surface area (Å²) in [5.74, 6) is 0. The van der Waals surface area contributed by atoms with Gasteiger partial charge in [-0.2, -0.15) is 10.5 Å². The fourth-order valence-corrected chi connectivity index (χ4v) is 9.82. The van der Waals surface area contributed by atoms with Crippen LogP contribution in [-0.2, 0) is 25.9 Å². The van der Waals surface area contributed by atoms with Gasteiger partial charge in [-0.3, -0.25) is 0 Å². The summed E-state index contributed by atoms with van der Waals surface area (Å²) in [5, 5.41) is 22.1. The lowest BCUT2D eigenvalue weighted by Crippen LogP contribution is -2.03. The van der Waals surface area contributed by atoms with Crippen LogP contribution in [0.15, 0.2) is 170 Å². The average Bonchev–Trinajstić information content (AvgIpc) is 3.86. The van der Waals surface area contributed by atoms with Crippen molar-refractivity contribution in [2.75, 3.05) is 0 Å². The van der Waals surface area contributed by atoms with Gasteiger partial charge in [0.2, 0.25) is 0 Å². The SMILES string of the molecule is CCCCCCc1ccc(Cn2c(-c3ccccc3)c(-c3ccc(C#N)cc3)c3cc4c(cc32)c(-c2ccc(C#N)cc2)c(-c2ccccc2)n4Cc2ccc(CCCCCC)cc2)cc1. The van der Waals surface area contributed by atoms with E-state index in [4.69, 9.17) is 0 Å².